The van der Waals surface area contributed by atoms with Gasteiger partial charge in [0.25, 0.3) is 0 Å². The van der Waals surface area contributed by atoms with Crippen molar-refractivity contribution in [3.05, 3.63) is 24.0 Å². The van der Waals surface area contributed by atoms with E-state index in [-0.39, 0.29) is 11.9 Å². The molecule has 1 amide bonds. The summed E-state index contributed by atoms with van der Waals surface area (Å²) in [5.74, 6) is 0.268. The average Bonchev–Trinajstić information content (AvgIpc) is 2.37. The van der Waals surface area contributed by atoms with E-state index in [1.54, 1.807) is 20.8 Å². The third-order valence-electron chi connectivity index (χ3n) is 3.20. The molecule has 2 N–H and O–H groups in total. The first-order valence-electron chi connectivity index (χ1n) is 8.13. The van der Waals surface area contributed by atoms with Crippen LogP contribution < -0.4 is 10.6 Å². The summed E-state index contributed by atoms with van der Waals surface area (Å²) >= 11 is 0. The molecule has 0 aliphatic heterocycles. The molecular weight excluding hydrogens is 295 g/mol. The second-order valence-corrected chi connectivity index (χ2v) is 7.33. The van der Waals surface area contributed by atoms with Crippen molar-refractivity contribution in [2.45, 2.75) is 66.0 Å². The lowest BCUT2D eigenvalue weighted by Crippen LogP contribution is -2.27. The molecule has 1 aromatic rings. The molecular formula is C18H29FN2O2. The predicted octanol–water partition coefficient (Wildman–Crippen LogP) is 5.41. The van der Waals surface area contributed by atoms with Crippen LogP contribution in [0.2, 0.25) is 0 Å². The Morgan fingerprint density at radius 1 is 1.17 bits per heavy atom. The Kier molecular flexibility index (Phi) is 6.85. The molecule has 1 rings (SSSR count). The van der Waals surface area contributed by atoms with Crippen molar-refractivity contribution in [2.75, 3.05) is 10.6 Å². The number of hydrogen-bond donors (Lipinski definition) is 2. The van der Waals surface area contributed by atoms with Gasteiger partial charge in [-0.2, -0.15) is 0 Å². The van der Waals surface area contributed by atoms with Gasteiger partial charge in [0.2, 0.25) is 0 Å². The van der Waals surface area contributed by atoms with Crippen LogP contribution in [0.25, 0.3) is 0 Å². The number of amides is 1. The van der Waals surface area contributed by atoms with Crippen molar-refractivity contribution in [3.8, 4) is 0 Å². The fourth-order valence-corrected chi connectivity index (χ4v) is 2.08. The van der Waals surface area contributed by atoms with Crippen LogP contribution in [0.4, 0.5) is 20.6 Å². The van der Waals surface area contributed by atoms with E-state index in [0.717, 1.165) is 12.8 Å². The maximum absolute atomic E-state index is 13.5. The number of hydrogen-bond acceptors (Lipinski definition) is 3. The topological polar surface area (TPSA) is 50.4 Å². The molecule has 23 heavy (non-hydrogen) atoms. The minimum absolute atomic E-state index is 0.179. The molecule has 0 radical (unpaired) electrons. The van der Waals surface area contributed by atoms with Gasteiger partial charge in [-0.1, -0.05) is 13.8 Å². The first-order chi connectivity index (χ1) is 10.6. The van der Waals surface area contributed by atoms with Crippen molar-refractivity contribution in [1.82, 2.24) is 0 Å². The lowest BCUT2D eigenvalue weighted by atomic mass is 10.0. The summed E-state index contributed by atoms with van der Waals surface area (Å²) in [7, 11) is 0. The molecule has 0 aliphatic carbocycles. The van der Waals surface area contributed by atoms with Crippen LogP contribution in [0.3, 0.4) is 0 Å². The zero-order valence-corrected chi connectivity index (χ0v) is 15.0. The summed E-state index contributed by atoms with van der Waals surface area (Å²) in [4.78, 5) is 11.9. The highest BCUT2D eigenvalue weighted by Gasteiger charge is 2.18. The van der Waals surface area contributed by atoms with Gasteiger partial charge in [-0.05, 0) is 64.7 Å². The van der Waals surface area contributed by atoms with E-state index >= 15 is 0 Å². The number of benzene rings is 1. The molecule has 0 aromatic heterocycles. The molecule has 130 valence electrons. The fourth-order valence-electron chi connectivity index (χ4n) is 2.08. The number of rotatable bonds is 6. The van der Waals surface area contributed by atoms with E-state index in [0.29, 0.717) is 17.3 Å². The van der Waals surface area contributed by atoms with Gasteiger partial charge < -0.3 is 10.1 Å². The second kappa shape index (κ2) is 8.18. The number of nitrogens with one attached hydrogen (secondary N) is 2. The SMILES string of the molecule is CC(C)CCC(C)Nc1cc(F)ccc1NC(=O)OC(C)(C)C. The van der Waals surface area contributed by atoms with Gasteiger partial charge in [-0.15, -0.1) is 0 Å². The zero-order chi connectivity index (χ0) is 17.6. The molecule has 0 saturated carbocycles. The third kappa shape index (κ3) is 7.86. The summed E-state index contributed by atoms with van der Waals surface area (Å²) in [5.41, 5.74) is 0.492. The second-order valence-electron chi connectivity index (χ2n) is 7.33. The van der Waals surface area contributed by atoms with E-state index in [2.05, 4.69) is 24.5 Å². The standard InChI is InChI=1S/C18H29FN2O2/c1-12(2)7-8-13(3)20-16-11-14(19)9-10-15(16)21-17(22)23-18(4,5)6/h9-13,20H,7-8H2,1-6H3,(H,21,22). The Morgan fingerprint density at radius 2 is 1.83 bits per heavy atom. The normalized spacial score (nSPS) is 12.9. The van der Waals surface area contributed by atoms with Gasteiger partial charge in [-0.3, -0.25) is 5.32 Å². The van der Waals surface area contributed by atoms with Crippen molar-refractivity contribution in [1.29, 1.82) is 0 Å². The van der Waals surface area contributed by atoms with E-state index in [4.69, 9.17) is 4.74 Å². The smallest absolute Gasteiger partial charge is 0.412 e. The Hall–Kier alpha value is -1.78. The highest BCUT2D eigenvalue weighted by Crippen LogP contribution is 2.25. The Labute approximate surface area is 138 Å². The number of halogens is 1. The number of ether oxygens (including phenoxy) is 1. The van der Waals surface area contributed by atoms with Gasteiger partial charge in [0.15, 0.2) is 0 Å². The number of carbonyl (C=O) groups excluding carboxylic acids is 1. The zero-order valence-electron chi connectivity index (χ0n) is 15.0. The Morgan fingerprint density at radius 3 is 2.39 bits per heavy atom. The number of anilines is 2. The summed E-state index contributed by atoms with van der Waals surface area (Å²) in [6.07, 6.45) is 1.50. The minimum atomic E-state index is -0.581. The molecule has 0 fully saturated rings. The highest BCUT2D eigenvalue weighted by molar-refractivity contribution is 5.89. The van der Waals surface area contributed by atoms with Crippen LogP contribution in [0.1, 0.15) is 54.4 Å². The molecule has 1 atom stereocenters. The summed E-state index contributed by atoms with van der Waals surface area (Å²) in [6.45, 7) is 11.8. The largest absolute Gasteiger partial charge is 0.444 e. The maximum Gasteiger partial charge on any atom is 0.412 e. The van der Waals surface area contributed by atoms with E-state index < -0.39 is 11.7 Å². The molecule has 0 spiro atoms. The van der Waals surface area contributed by atoms with Crippen LogP contribution >= 0.6 is 0 Å². The molecule has 1 unspecified atom stereocenters. The fraction of sp³-hybridized carbons (Fsp3) is 0.611. The monoisotopic (exact) mass is 324 g/mol. The third-order valence-corrected chi connectivity index (χ3v) is 3.20. The molecule has 0 heterocycles. The van der Waals surface area contributed by atoms with Crippen LogP contribution in [0.15, 0.2) is 18.2 Å². The van der Waals surface area contributed by atoms with E-state index in [1.807, 2.05) is 6.92 Å². The van der Waals surface area contributed by atoms with Gasteiger partial charge in [-0.25, -0.2) is 9.18 Å². The van der Waals surface area contributed by atoms with Crippen molar-refractivity contribution >= 4 is 17.5 Å². The first-order valence-corrected chi connectivity index (χ1v) is 8.13. The molecule has 0 aliphatic rings. The van der Waals surface area contributed by atoms with E-state index in [9.17, 15) is 9.18 Å². The molecule has 0 bridgehead atoms. The van der Waals surface area contributed by atoms with Crippen molar-refractivity contribution < 1.29 is 13.9 Å². The Bertz CT molecular complexity index is 524. The van der Waals surface area contributed by atoms with Gasteiger partial charge in [0.1, 0.15) is 11.4 Å². The quantitative estimate of drug-likeness (QED) is 0.735. The highest BCUT2D eigenvalue weighted by atomic mass is 19.1. The first kappa shape index (κ1) is 19.3. The minimum Gasteiger partial charge on any atom is -0.444 e. The Balaban J connectivity index is 2.78. The molecule has 4 nitrogen and oxygen atoms in total. The van der Waals surface area contributed by atoms with E-state index in [1.165, 1.54) is 18.2 Å². The lowest BCUT2D eigenvalue weighted by molar-refractivity contribution is 0.0636. The van der Waals surface area contributed by atoms with Crippen molar-refractivity contribution in [3.63, 3.8) is 0 Å². The summed E-state index contributed by atoms with van der Waals surface area (Å²) < 4.78 is 18.8. The lowest BCUT2D eigenvalue weighted by Gasteiger charge is -2.22. The molecule has 0 saturated heterocycles. The van der Waals surface area contributed by atoms with Crippen LogP contribution in [0, 0.1) is 11.7 Å². The number of carbonyl (C=O) groups is 1. The van der Waals surface area contributed by atoms with Crippen LogP contribution in [-0.2, 0) is 4.74 Å². The maximum atomic E-state index is 13.5. The predicted molar refractivity (Wildman–Crippen MR) is 93.4 cm³/mol. The van der Waals surface area contributed by atoms with Crippen molar-refractivity contribution in [2.24, 2.45) is 5.92 Å². The molecule has 1 aromatic carbocycles. The molecule has 5 heteroatoms. The van der Waals surface area contributed by atoms with Crippen LogP contribution in [-0.4, -0.2) is 17.7 Å². The average molecular weight is 324 g/mol. The summed E-state index contributed by atoms with van der Waals surface area (Å²) in [5, 5.41) is 5.94. The van der Waals surface area contributed by atoms with Gasteiger partial charge >= 0.3 is 6.09 Å². The van der Waals surface area contributed by atoms with Gasteiger partial charge in [0.05, 0.1) is 11.4 Å². The summed E-state index contributed by atoms with van der Waals surface area (Å²) in [6, 6.07) is 4.42. The van der Waals surface area contributed by atoms with Gasteiger partial charge in [0, 0.05) is 6.04 Å². The van der Waals surface area contributed by atoms with Crippen LogP contribution in [0.5, 0.6) is 0 Å².